The Bertz CT molecular complexity index is 1210. The molecule has 0 aliphatic heterocycles. The van der Waals surface area contributed by atoms with Gasteiger partial charge in [-0.15, -0.1) is 0 Å². The Hall–Kier alpha value is -3.89. The van der Waals surface area contributed by atoms with Crippen molar-refractivity contribution >= 4 is 29.3 Å². The molecule has 3 aromatic rings. The van der Waals surface area contributed by atoms with Crippen LogP contribution in [0.25, 0.3) is 22.2 Å². The van der Waals surface area contributed by atoms with E-state index < -0.39 is 35.4 Å². The molecule has 2 heterocycles. The lowest BCUT2D eigenvalue weighted by Gasteiger charge is -2.21. The molecule has 0 fully saturated rings. The molecule has 0 spiro atoms. The molecule has 0 radical (unpaired) electrons. The van der Waals surface area contributed by atoms with Crippen molar-refractivity contribution in [1.29, 1.82) is 0 Å². The SMILES string of the molecule is CC(C)(C)OC(=O)N[C@@H](Cc1nc2c(-c3cnn(C(=O)OC(C)(C)C)c3)cccc2o1)C(=O)O. The number of hydrogen-bond acceptors (Lipinski definition) is 8. The summed E-state index contributed by atoms with van der Waals surface area (Å²) in [5.41, 5.74) is 0.663. The van der Waals surface area contributed by atoms with Gasteiger partial charge < -0.3 is 24.3 Å². The highest BCUT2D eigenvalue weighted by molar-refractivity contribution is 5.91. The van der Waals surface area contributed by atoms with Crippen molar-refractivity contribution in [2.75, 3.05) is 0 Å². The molecule has 0 saturated carbocycles. The van der Waals surface area contributed by atoms with E-state index in [9.17, 15) is 19.5 Å². The van der Waals surface area contributed by atoms with Gasteiger partial charge in [-0.2, -0.15) is 9.78 Å². The number of rotatable bonds is 5. The molecule has 11 nitrogen and oxygen atoms in total. The third kappa shape index (κ3) is 6.33. The van der Waals surface area contributed by atoms with E-state index in [1.165, 1.54) is 12.4 Å². The maximum Gasteiger partial charge on any atom is 0.435 e. The maximum absolute atomic E-state index is 12.3. The van der Waals surface area contributed by atoms with Crippen LogP contribution in [-0.2, 0) is 20.7 Å². The summed E-state index contributed by atoms with van der Waals surface area (Å²) < 4.78 is 17.3. The Labute approximate surface area is 196 Å². The number of carboxylic acids is 1. The van der Waals surface area contributed by atoms with E-state index in [4.69, 9.17) is 13.9 Å². The average molecular weight is 472 g/mol. The summed E-state index contributed by atoms with van der Waals surface area (Å²) >= 11 is 0. The molecule has 34 heavy (non-hydrogen) atoms. The zero-order valence-electron chi connectivity index (χ0n) is 19.9. The molecule has 0 aliphatic carbocycles. The summed E-state index contributed by atoms with van der Waals surface area (Å²) in [4.78, 5) is 40.4. The Morgan fingerprint density at radius 3 is 2.41 bits per heavy atom. The molecule has 0 bridgehead atoms. The molecular weight excluding hydrogens is 444 g/mol. The van der Waals surface area contributed by atoms with E-state index >= 15 is 0 Å². The van der Waals surface area contributed by atoms with Crippen LogP contribution in [0.15, 0.2) is 35.0 Å². The van der Waals surface area contributed by atoms with Gasteiger partial charge in [0.2, 0.25) is 0 Å². The van der Waals surface area contributed by atoms with E-state index in [2.05, 4.69) is 15.4 Å². The van der Waals surface area contributed by atoms with Crippen LogP contribution in [0.3, 0.4) is 0 Å². The van der Waals surface area contributed by atoms with E-state index in [1.807, 2.05) is 0 Å². The Kier molecular flexibility index (Phi) is 6.67. The minimum atomic E-state index is -1.30. The van der Waals surface area contributed by atoms with E-state index in [0.717, 1.165) is 4.68 Å². The van der Waals surface area contributed by atoms with Crippen molar-refractivity contribution in [3.63, 3.8) is 0 Å². The first-order chi connectivity index (χ1) is 15.7. The van der Waals surface area contributed by atoms with Crippen LogP contribution < -0.4 is 5.32 Å². The third-order valence-corrected chi connectivity index (χ3v) is 4.31. The molecule has 0 unspecified atom stereocenters. The number of para-hydroxylation sites is 1. The van der Waals surface area contributed by atoms with Gasteiger partial charge in [0.1, 0.15) is 22.8 Å². The molecule has 1 atom stereocenters. The van der Waals surface area contributed by atoms with E-state index in [-0.39, 0.29) is 12.3 Å². The Morgan fingerprint density at radius 1 is 1.12 bits per heavy atom. The highest BCUT2D eigenvalue weighted by Crippen LogP contribution is 2.29. The van der Waals surface area contributed by atoms with Gasteiger partial charge in [0.15, 0.2) is 11.5 Å². The molecule has 1 aromatic carbocycles. The highest BCUT2D eigenvalue weighted by atomic mass is 16.6. The van der Waals surface area contributed by atoms with Crippen LogP contribution in [-0.4, -0.2) is 55.3 Å². The smallest absolute Gasteiger partial charge is 0.435 e. The lowest BCUT2D eigenvalue weighted by atomic mass is 10.1. The normalized spacial score (nSPS) is 12.9. The number of hydrogen-bond donors (Lipinski definition) is 2. The second-order valence-electron chi connectivity index (χ2n) is 9.66. The standard InChI is InChI=1S/C23H28N4O7/c1-22(2,3)33-20(30)25-15(19(28)29)10-17-26-18-14(8-7-9-16(18)32-17)13-11-24-27(12-13)21(31)34-23(4,5)6/h7-9,11-12,15H,10H2,1-6H3,(H,25,30)(H,28,29)/t15-/m0/s1. The number of carboxylic acid groups (broad SMARTS) is 1. The Balaban J connectivity index is 1.84. The largest absolute Gasteiger partial charge is 0.480 e. The number of aromatic nitrogens is 3. The van der Waals surface area contributed by atoms with E-state index in [1.54, 1.807) is 59.7 Å². The number of nitrogens with one attached hydrogen (secondary N) is 1. The minimum absolute atomic E-state index is 0.116. The van der Waals surface area contributed by atoms with Gasteiger partial charge in [0.25, 0.3) is 0 Å². The van der Waals surface area contributed by atoms with Crippen molar-refractivity contribution in [2.45, 2.75) is 65.2 Å². The highest BCUT2D eigenvalue weighted by Gasteiger charge is 2.27. The Morgan fingerprint density at radius 2 is 1.79 bits per heavy atom. The second-order valence-corrected chi connectivity index (χ2v) is 9.66. The van der Waals surface area contributed by atoms with Crippen molar-refractivity contribution < 1.29 is 33.4 Å². The van der Waals surface area contributed by atoms with E-state index in [0.29, 0.717) is 22.2 Å². The third-order valence-electron chi connectivity index (χ3n) is 4.31. The number of carbonyl (C=O) groups excluding carboxylic acids is 2. The fraction of sp³-hybridized carbons (Fsp3) is 0.435. The summed E-state index contributed by atoms with van der Waals surface area (Å²) in [6.07, 6.45) is 1.34. The van der Waals surface area contributed by atoms with Gasteiger partial charge in [-0.25, -0.2) is 19.4 Å². The molecular formula is C23H28N4O7. The van der Waals surface area contributed by atoms with Gasteiger partial charge >= 0.3 is 18.2 Å². The van der Waals surface area contributed by atoms with Crippen molar-refractivity contribution in [3.8, 4) is 11.1 Å². The lowest BCUT2D eigenvalue weighted by molar-refractivity contribution is -0.139. The first-order valence-electron chi connectivity index (χ1n) is 10.6. The molecule has 0 aliphatic rings. The lowest BCUT2D eigenvalue weighted by Crippen LogP contribution is -2.44. The quantitative estimate of drug-likeness (QED) is 0.562. The monoisotopic (exact) mass is 472 g/mol. The van der Waals surface area contributed by atoms with Gasteiger partial charge in [-0.3, -0.25) is 0 Å². The average Bonchev–Trinajstić information content (AvgIpc) is 3.31. The van der Waals surface area contributed by atoms with Crippen LogP contribution in [0.2, 0.25) is 0 Å². The molecule has 2 N–H and O–H groups in total. The van der Waals surface area contributed by atoms with Crippen molar-refractivity contribution in [1.82, 2.24) is 20.1 Å². The zero-order chi connectivity index (χ0) is 25.3. The molecule has 0 saturated heterocycles. The first-order valence-corrected chi connectivity index (χ1v) is 10.6. The first kappa shape index (κ1) is 24.7. The summed E-state index contributed by atoms with van der Waals surface area (Å²) in [7, 11) is 0. The predicted molar refractivity (Wildman–Crippen MR) is 121 cm³/mol. The summed E-state index contributed by atoms with van der Waals surface area (Å²) in [6, 6.07) is 3.90. The fourth-order valence-corrected chi connectivity index (χ4v) is 3.01. The number of nitrogens with zero attached hydrogens (tertiary/aromatic N) is 3. The van der Waals surface area contributed by atoms with Gasteiger partial charge in [0.05, 0.1) is 12.6 Å². The van der Waals surface area contributed by atoms with Crippen LogP contribution in [0, 0.1) is 0 Å². The van der Waals surface area contributed by atoms with Gasteiger partial charge in [-0.05, 0) is 47.6 Å². The van der Waals surface area contributed by atoms with Crippen LogP contribution >= 0.6 is 0 Å². The molecule has 11 heteroatoms. The predicted octanol–water partition coefficient (Wildman–Crippen LogP) is 3.99. The topological polar surface area (TPSA) is 146 Å². The maximum atomic E-state index is 12.3. The number of amides is 1. The number of benzene rings is 1. The fourth-order valence-electron chi connectivity index (χ4n) is 3.01. The number of ether oxygens (including phenoxy) is 2. The number of fused-ring (bicyclic) bond motifs is 1. The van der Waals surface area contributed by atoms with Crippen LogP contribution in [0.5, 0.6) is 0 Å². The van der Waals surface area contributed by atoms with Crippen LogP contribution in [0.4, 0.5) is 9.59 Å². The van der Waals surface area contributed by atoms with Crippen molar-refractivity contribution in [3.05, 3.63) is 36.5 Å². The summed E-state index contributed by atoms with van der Waals surface area (Å²) in [5, 5.41) is 15.9. The summed E-state index contributed by atoms with van der Waals surface area (Å²) in [6.45, 7) is 10.3. The summed E-state index contributed by atoms with van der Waals surface area (Å²) in [5.74, 6) is -1.14. The number of alkyl carbamates (subject to hydrolysis) is 1. The van der Waals surface area contributed by atoms with Gasteiger partial charge in [-0.1, -0.05) is 12.1 Å². The second kappa shape index (κ2) is 9.16. The van der Waals surface area contributed by atoms with Crippen molar-refractivity contribution in [2.24, 2.45) is 0 Å². The molecule has 2 aromatic heterocycles. The molecule has 3 rings (SSSR count). The van der Waals surface area contributed by atoms with Crippen LogP contribution in [0.1, 0.15) is 47.4 Å². The number of oxazole rings is 1. The zero-order valence-corrected chi connectivity index (χ0v) is 19.9. The minimum Gasteiger partial charge on any atom is -0.480 e. The molecule has 1 amide bonds. The number of carbonyl (C=O) groups is 3. The van der Waals surface area contributed by atoms with Gasteiger partial charge in [0, 0.05) is 17.3 Å². The number of aliphatic carboxylic acids is 1. The molecule has 182 valence electrons.